The smallest absolute Gasteiger partial charge is 0.169 e. The van der Waals surface area contributed by atoms with Crippen molar-refractivity contribution in [1.82, 2.24) is 24.6 Å². The van der Waals surface area contributed by atoms with Gasteiger partial charge in [0.15, 0.2) is 11.5 Å². The molecule has 0 bridgehead atoms. The van der Waals surface area contributed by atoms with Gasteiger partial charge in [-0.1, -0.05) is 11.6 Å². The summed E-state index contributed by atoms with van der Waals surface area (Å²) in [5.41, 5.74) is 2.45. The van der Waals surface area contributed by atoms with Crippen molar-refractivity contribution in [3.05, 3.63) is 63.8 Å². The number of hydrogen-bond acceptors (Lipinski definition) is 7. The Balaban J connectivity index is 1.11. The molecule has 190 valence electrons. The molecule has 5 heterocycles. The molecule has 37 heavy (non-hydrogen) atoms. The first kappa shape index (κ1) is 23.1. The van der Waals surface area contributed by atoms with E-state index in [1.54, 1.807) is 0 Å². The molecule has 0 radical (unpaired) electrons. The minimum Gasteiger partial charge on any atom is -0.375 e. The lowest BCUT2D eigenvalue weighted by atomic mass is 9.57. The van der Waals surface area contributed by atoms with E-state index in [4.69, 9.17) is 16.3 Å². The van der Waals surface area contributed by atoms with Crippen molar-refractivity contribution in [3.63, 3.8) is 0 Å². The van der Waals surface area contributed by atoms with E-state index < -0.39 is 5.67 Å². The third kappa shape index (κ3) is 3.81. The third-order valence-electron chi connectivity index (χ3n) is 8.32. The molecule has 0 N–H and O–H groups in total. The minimum atomic E-state index is -1.31. The molecule has 0 amide bonds. The van der Waals surface area contributed by atoms with E-state index in [0.29, 0.717) is 36.1 Å². The largest absolute Gasteiger partial charge is 0.375 e. The topological polar surface area (TPSA) is 83.1 Å². The summed E-state index contributed by atoms with van der Waals surface area (Å²) in [4.78, 5) is 9.01. The lowest BCUT2D eigenvalue weighted by Crippen LogP contribution is -2.62. The number of halogens is 2. The molecule has 0 unspecified atom stereocenters. The highest BCUT2D eigenvalue weighted by Gasteiger charge is 2.54. The zero-order valence-electron chi connectivity index (χ0n) is 20.6. The van der Waals surface area contributed by atoms with Gasteiger partial charge in [0.2, 0.25) is 0 Å². The lowest BCUT2D eigenvalue weighted by Gasteiger charge is -2.59. The quantitative estimate of drug-likeness (QED) is 0.516. The second-order valence-electron chi connectivity index (χ2n) is 11.2. The zero-order valence-corrected chi connectivity index (χ0v) is 21.4. The van der Waals surface area contributed by atoms with Gasteiger partial charge in [0.1, 0.15) is 17.7 Å². The molecule has 4 aliphatic rings. The fourth-order valence-corrected chi connectivity index (χ4v) is 6.67. The molecule has 3 aromatic rings. The highest BCUT2D eigenvalue weighted by Crippen LogP contribution is 2.56. The summed E-state index contributed by atoms with van der Waals surface area (Å²) in [6.07, 6.45) is 2.10. The van der Waals surface area contributed by atoms with Crippen LogP contribution in [0.25, 0.3) is 5.69 Å². The molecule has 0 atom stereocenters. The molecule has 3 aliphatic heterocycles. The fraction of sp³-hybridized carbons (Fsp3) is 0.481. The Hall–Kier alpha value is -3.06. The maximum absolute atomic E-state index is 14.9. The number of nitrogens with zero attached hydrogens (tertiary/aromatic N) is 7. The number of pyridine rings is 1. The van der Waals surface area contributed by atoms with Gasteiger partial charge in [-0.15, -0.1) is 10.2 Å². The standard InChI is InChI=1S/C27H27ClFN7O/c1-17-18(9-30)2-5-23(31-17)35-12-26(13-35)7-20(8-26)25-33-32-24-11-34(14-27(29)15-37-16-27)10-19-6-21(28)3-4-22(19)36(24)25/h2-6,20H,7-8,10-16H2,1H3. The van der Waals surface area contributed by atoms with E-state index in [-0.39, 0.29) is 18.6 Å². The van der Waals surface area contributed by atoms with Gasteiger partial charge in [-0.25, -0.2) is 9.37 Å². The molecule has 8 nitrogen and oxygen atoms in total. The highest BCUT2D eigenvalue weighted by molar-refractivity contribution is 6.30. The van der Waals surface area contributed by atoms with E-state index in [9.17, 15) is 9.65 Å². The maximum Gasteiger partial charge on any atom is 0.169 e. The van der Waals surface area contributed by atoms with Crippen LogP contribution in [-0.2, 0) is 17.8 Å². The van der Waals surface area contributed by atoms with Crippen molar-refractivity contribution in [2.45, 2.75) is 44.4 Å². The SMILES string of the molecule is Cc1nc(N2CC3(CC(c4nnc5n4-c4ccc(Cl)cc4CN(CC4(F)COC4)C5)C3)C2)ccc1C#N. The molecule has 3 fully saturated rings. The molecule has 7 rings (SSSR count). The molecule has 10 heteroatoms. The summed E-state index contributed by atoms with van der Waals surface area (Å²) in [7, 11) is 0. The average Bonchev–Trinajstić information content (AvgIpc) is 3.12. The van der Waals surface area contributed by atoms with Gasteiger partial charge in [-0.05, 0) is 55.7 Å². The first-order valence-corrected chi connectivity index (χ1v) is 13.1. The number of benzene rings is 1. The van der Waals surface area contributed by atoms with Crippen LogP contribution in [0.1, 0.15) is 47.2 Å². The first-order chi connectivity index (χ1) is 17.8. The van der Waals surface area contributed by atoms with Crippen LogP contribution in [-0.4, -0.2) is 63.2 Å². The fourth-order valence-electron chi connectivity index (χ4n) is 6.48. The number of aryl methyl sites for hydroxylation is 1. The summed E-state index contributed by atoms with van der Waals surface area (Å²) in [5, 5.41) is 19.1. The van der Waals surface area contributed by atoms with E-state index in [0.717, 1.165) is 60.3 Å². The Morgan fingerprint density at radius 2 is 1.97 bits per heavy atom. The van der Waals surface area contributed by atoms with Crippen LogP contribution in [0.15, 0.2) is 30.3 Å². The average molecular weight is 520 g/mol. The van der Waals surface area contributed by atoms with E-state index in [2.05, 4.69) is 35.6 Å². The first-order valence-electron chi connectivity index (χ1n) is 12.7. The van der Waals surface area contributed by atoms with E-state index in [1.165, 1.54) is 0 Å². The van der Waals surface area contributed by atoms with Crippen LogP contribution >= 0.6 is 11.6 Å². The molecule has 1 aliphatic carbocycles. The van der Waals surface area contributed by atoms with Crippen molar-refractivity contribution >= 4 is 17.4 Å². The van der Waals surface area contributed by atoms with Crippen molar-refractivity contribution in [3.8, 4) is 11.8 Å². The molecular formula is C27H27ClFN7O. The van der Waals surface area contributed by atoms with Gasteiger partial charge in [0, 0.05) is 42.5 Å². The Labute approximate surface area is 219 Å². The Kier molecular flexibility index (Phi) is 5.13. The highest BCUT2D eigenvalue weighted by atomic mass is 35.5. The summed E-state index contributed by atoms with van der Waals surface area (Å²) in [5.74, 6) is 3.09. The number of aromatic nitrogens is 4. The predicted molar refractivity (Wildman–Crippen MR) is 135 cm³/mol. The molecule has 2 aromatic heterocycles. The molecule has 1 saturated carbocycles. The van der Waals surface area contributed by atoms with Gasteiger partial charge < -0.3 is 9.64 Å². The monoisotopic (exact) mass is 519 g/mol. The number of hydrogen-bond donors (Lipinski definition) is 0. The van der Waals surface area contributed by atoms with E-state index >= 15 is 0 Å². The molecule has 2 saturated heterocycles. The molecule has 1 aromatic carbocycles. The second-order valence-corrected chi connectivity index (χ2v) is 11.7. The number of rotatable bonds is 4. The maximum atomic E-state index is 14.9. The Morgan fingerprint density at radius 3 is 2.68 bits per heavy atom. The van der Waals surface area contributed by atoms with Crippen LogP contribution in [0.4, 0.5) is 10.2 Å². The Bertz CT molecular complexity index is 1430. The van der Waals surface area contributed by atoms with Crippen LogP contribution in [0, 0.1) is 23.7 Å². The van der Waals surface area contributed by atoms with Gasteiger partial charge in [0.25, 0.3) is 0 Å². The minimum absolute atomic E-state index is 0.141. The zero-order chi connectivity index (χ0) is 25.4. The Morgan fingerprint density at radius 1 is 1.16 bits per heavy atom. The lowest BCUT2D eigenvalue weighted by molar-refractivity contribution is -0.142. The van der Waals surface area contributed by atoms with Crippen molar-refractivity contribution in [2.24, 2.45) is 5.41 Å². The number of nitriles is 1. The van der Waals surface area contributed by atoms with Gasteiger partial charge in [-0.2, -0.15) is 5.26 Å². The van der Waals surface area contributed by atoms with Gasteiger partial charge in [-0.3, -0.25) is 9.47 Å². The normalized spacial score (nSPS) is 21.7. The van der Waals surface area contributed by atoms with Gasteiger partial charge >= 0.3 is 0 Å². The predicted octanol–water partition coefficient (Wildman–Crippen LogP) is 3.93. The van der Waals surface area contributed by atoms with E-state index in [1.807, 2.05) is 37.3 Å². The van der Waals surface area contributed by atoms with Crippen molar-refractivity contribution in [2.75, 3.05) is 37.7 Å². The molecular weight excluding hydrogens is 493 g/mol. The number of alkyl halides is 1. The van der Waals surface area contributed by atoms with Crippen LogP contribution in [0.3, 0.4) is 0 Å². The second kappa shape index (κ2) is 8.22. The number of anilines is 1. The molecule has 1 spiro atoms. The summed E-state index contributed by atoms with van der Waals surface area (Å²) in [6, 6.07) is 11.9. The number of fused-ring (bicyclic) bond motifs is 3. The van der Waals surface area contributed by atoms with Gasteiger partial charge in [0.05, 0.1) is 36.7 Å². The summed E-state index contributed by atoms with van der Waals surface area (Å²) >= 11 is 6.37. The van der Waals surface area contributed by atoms with Crippen LogP contribution < -0.4 is 4.90 Å². The summed E-state index contributed by atoms with van der Waals surface area (Å²) in [6.45, 7) is 5.52. The summed E-state index contributed by atoms with van der Waals surface area (Å²) < 4.78 is 22.3. The number of ether oxygens (including phenoxy) is 1. The van der Waals surface area contributed by atoms with Crippen molar-refractivity contribution < 1.29 is 9.13 Å². The van der Waals surface area contributed by atoms with Crippen LogP contribution in [0.5, 0.6) is 0 Å². The van der Waals surface area contributed by atoms with Crippen molar-refractivity contribution in [1.29, 1.82) is 5.26 Å². The third-order valence-corrected chi connectivity index (χ3v) is 8.55. The van der Waals surface area contributed by atoms with Crippen LogP contribution in [0.2, 0.25) is 5.02 Å².